The first-order valence-electron chi connectivity index (χ1n) is 7.31. The van der Waals surface area contributed by atoms with Gasteiger partial charge in [-0.1, -0.05) is 30.7 Å². The molecule has 0 N–H and O–H groups in total. The summed E-state index contributed by atoms with van der Waals surface area (Å²) in [4.78, 5) is 13.9. The highest BCUT2D eigenvalue weighted by Crippen LogP contribution is 2.28. The van der Waals surface area contributed by atoms with Crippen LogP contribution < -0.4 is 0 Å². The van der Waals surface area contributed by atoms with Gasteiger partial charge in [0.15, 0.2) is 0 Å². The average Bonchev–Trinajstić information content (AvgIpc) is 2.51. The number of halogens is 2. The third kappa shape index (κ3) is 3.74. The quantitative estimate of drug-likeness (QED) is 0.795. The topological polar surface area (TPSA) is 29.5 Å². The maximum Gasteiger partial charge on any atom is 0.308 e. The van der Waals surface area contributed by atoms with Crippen molar-refractivity contribution < 1.29 is 13.9 Å². The van der Waals surface area contributed by atoms with E-state index in [2.05, 4.69) is 11.8 Å². The van der Waals surface area contributed by atoms with Crippen molar-refractivity contribution in [3.05, 3.63) is 34.6 Å². The minimum atomic E-state index is -0.343. The Morgan fingerprint density at radius 1 is 1.52 bits per heavy atom. The molecule has 1 fully saturated rings. The van der Waals surface area contributed by atoms with Gasteiger partial charge in [-0.05, 0) is 31.9 Å². The molecule has 0 saturated carbocycles. The highest BCUT2D eigenvalue weighted by molar-refractivity contribution is 6.30. The van der Waals surface area contributed by atoms with Gasteiger partial charge in [-0.15, -0.1) is 0 Å². The number of hydrogen-bond acceptors (Lipinski definition) is 3. The van der Waals surface area contributed by atoms with Crippen molar-refractivity contribution in [2.75, 3.05) is 13.7 Å². The Labute approximate surface area is 130 Å². The van der Waals surface area contributed by atoms with E-state index in [4.69, 9.17) is 16.3 Å². The van der Waals surface area contributed by atoms with Crippen LogP contribution in [0.2, 0.25) is 5.02 Å². The molecule has 0 bridgehead atoms. The number of nitrogens with zero attached hydrogens (tertiary/aromatic N) is 1. The Morgan fingerprint density at radius 3 is 2.95 bits per heavy atom. The van der Waals surface area contributed by atoms with E-state index in [9.17, 15) is 9.18 Å². The standard InChI is InChI=1S/C16H21ClFNO2/c1-3-13-9-11(16(20)21-2)7-8-19(13)10-12-5-4-6-14(17)15(12)18/h4-6,11,13H,3,7-10H2,1-2H3. The van der Waals surface area contributed by atoms with Gasteiger partial charge >= 0.3 is 5.97 Å². The number of rotatable bonds is 4. The molecule has 2 unspecified atom stereocenters. The maximum absolute atomic E-state index is 14.0. The van der Waals surface area contributed by atoms with Gasteiger partial charge in [-0.3, -0.25) is 9.69 Å². The lowest BCUT2D eigenvalue weighted by molar-refractivity contribution is -0.148. The molecule has 116 valence electrons. The summed E-state index contributed by atoms with van der Waals surface area (Å²) in [5.74, 6) is -0.522. The zero-order valence-electron chi connectivity index (χ0n) is 12.4. The third-order valence-corrected chi connectivity index (χ3v) is 4.54. The first-order valence-corrected chi connectivity index (χ1v) is 7.69. The SMILES string of the molecule is CCC1CC(C(=O)OC)CCN1Cc1cccc(Cl)c1F. The average molecular weight is 314 g/mol. The number of hydrogen-bond donors (Lipinski definition) is 0. The molecule has 0 aliphatic carbocycles. The predicted octanol–water partition coefficient (Wildman–Crippen LogP) is 3.64. The number of esters is 1. The van der Waals surface area contributed by atoms with Crippen LogP contribution in [0.5, 0.6) is 0 Å². The predicted molar refractivity (Wildman–Crippen MR) is 80.6 cm³/mol. The number of carbonyl (C=O) groups excluding carboxylic acids is 1. The van der Waals surface area contributed by atoms with Crippen LogP contribution in [0.4, 0.5) is 4.39 Å². The fourth-order valence-corrected chi connectivity index (χ4v) is 3.20. The van der Waals surface area contributed by atoms with Gasteiger partial charge in [0.2, 0.25) is 0 Å². The minimum Gasteiger partial charge on any atom is -0.469 e. The van der Waals surface area contributed by atoms with E-state index in [1.165, 1.54) is 7.11 Å². The molecule has 5 heteroatoms. The summed E-state index contributed by atoms with van der Waals surface area (Å²) in [5.41, 5.74) is 0.609. The Balaban J connectivity index is 2.07. The third-order valence-electron chi connectivity index (χ3n) is 4.25. The van der Waals surface area contributed by atoms with Crippen LogP contribution in [0, 0.1) is 11.7 Å². The number of likely N-dealkylation sites (tertiary alicyclic amines) is 1. The molecule has 21 heavy (non-hydrogen) atoms. The van der Waals surface area contributed by atoms with Crippen LogP contribution in [0.25, 0.3) is 0 Å². The van der Waals surface area contributed by atoms with Crippen LogP contribution >= 0.6 is 11.6 Å². The summed E-state index contributed by atoms with van der Waals surface area (Å²) >= 11 is 5.83. The van der Waals surface area contributed by atoms with E-state index in [1.807, 2.05) is 0 Å². The normalized spacial score (nSPS) is 23.0. The second kappa shape index (κ2) is 7.23. The van der Waals surface area contributed by atoms with Crippen molar-refractivity contribution in [3.63, 3.8) is 0 Å². The van der Waals surface area contributed by atoms with Gasteiger partial charge in [0.25, 0.3) is 0 Å². The van der Waals surface area contributed by atoms with Crippen molar-refractivity contribution in [2.45, 2.75) is 38.8 Å². The molecule has 0 amide bonds. The van der Waals surface area contributed by atoms with Gasteiger partial charge < -0.3 is 4.74 Å². The van der Waals surface area contributed by atoms with E-state index in [0.717, 1.165) is 25.8 Å². The summed E-state index contributed by atoms with van der Waals surface area (Å²) in [6.45, 7) is 3.38. The smallest absolute Gasteiger partial charge is 0.308 e. The molecule has 2 rings (SSSR count). The van der Waals surface area contributed by atoms with E-state index in [-0.39, 0.29) is 28.8 Å². The molecule has 1 aromatic carbocycles. The molecule has 3 nitrogen and oxygen atoms in total. The lowest BCUT2D eigenvalue weighted by Crippen LogP contribution is -2.43. The lowest BCUT2D eigenvalue weighted by atomic mass is 9.89. The summed E-state index contributed by atoms with van der Waals surface area (Å²) in [6.07, 6.45) is 2.45. The fraction of sp³-hybridized carbons (Fsp3) is 0.562. The van der Waals surface area contributed by atoms with Crippen molar-refractivity contribution in [1.82, 2.24) is 4.90 Å². The molecule has 1 aliphatic heterocycles. The van der Waals surface area contributed by atoms with E-state index in [0.29, 0.717) is 12.1 Å². The van der Waals surface area contributed by atoms with E-state index in [1.54, 1.807) is 18.2 Å². The highest BCUT2D eigenvalue weighted by Gasteiger charge is 2.32. The van der Waals surface area contributed by atoms with Crippen LogP contribution in [0.15, 0.2) is 18.2 Å². The molecular weight excluding hydrogens is 293 g/mol. The Bertz CT molecular complexity index is 509. The summed E-state index contributed by atoms with van der Waals surface area (Å²) < 4.78 is 18.9. The number of carbonyl (C=O) groups is 1. The van der Waals surface area contributed by atoms with Crippen molar-refractivity contribution in [2.24, 2.45) is 5.92 Å². The summed E-state index contributed by atoms with van der Waals surface area (Å²) in [5, 5.41) is 0.157. The molecular formula is C16H21ClFNO2. The second-order valence-corrected chi connectivity index (χ2v) is 5.90. The zero-order valence-corrected chi connectivity index (χ0v) is 13.2. The molecule has 1 aliphatic rings. The highest BCUT2D eigenvalue weighted by atomic mass is 35.5. The minimum absolute atomic E-state index is 0.0413. The number of ether oxygens (including phenoxy) is 1. The van der Waals surface area contributed by atoms with Gasteiger partial charge in [0.05, 0.1) is 18.1 Å². The van der Waals surface area contributed by atoms with Gasteiger partial charge in [0.1, 0.15) is 5.82 Å². The van der Waals surface area contributed by atoms with Crippen LogP contribution in [0.1, 0.15) is 31.7 Å². The van der Waals surface area contributed by atoms with Crippen molar-refractivity contribution in [3.8, 4) is 0 Å². The summed E-state index contributed by atoms with van der Waals surface area (Å²) in [6, 6.07) is 5.35. The fourth-order valence-electron chi connectivity index (χ4n) is 3.00. The van der Waals surface area contributed by atoms with Crippen molar-refractivity contribution in [1.29, 1.82) is 0 Å². The molecule has 0 radical (unpaired) electrons. The van der Waals surface area contributed by atoms with Gasteiger partial charge in [0, 0.05) is 18.2 Å². The first-order chi connectivity index (χ1) is 10.1. The molecule has 0 aromatic heterocycles. The number of piperidine rings is 1. The largest absolute Gasteiger partial charge is 0.469 e. The van der Waals surface area contributed by atoms with Crippen LogP contribution in [-0.2, 0) is 16.1 Å². The van der Waals surface area contributed by atoms with E-state index >= 15 is 0 Å². The first kappa shape index (κ1) is 16.2. The second-order valence-electron chi connectivity index (χ2n) is 5.49. The zero-order chi connectivity index (χ0) is 15.4. The summed E-state index contributed by atoms with van der Waals surface area (Å²) in [7, 11) is 1.43. The molecule has 1 aromatic rings. The molecule has 2 atom stereocenters. The Hall–Kier alpha value is -1.13. The Kier molecular flexibility index (Phi) is 5.59. The molecule has 1 heterocycles. The number of benzene rings is 1. The van der Waals surface area contributed by atoms with Gasteiger partial charge in [-0.25, -0.2) is 4.39 Å². The lowest BCUT2D eigenvalue weighted by Gasteiger charge is -2.38. The van der Waals surface area contributed by atoms with Gasteiger partial charge in [-0.2, -0.15) is 0 Å². The number of methoxy groups -OCH3 is 1. The Morgan fingerprint density at radius 2 is 2.29 bits per heavy atom. The molecule has 1 saturated heterocycles. The molecule has 0 spiro atoms. The monoisotopic (exact) mass is 313 g/mol. The van der Waals surface area contributed by atoms with E-state index < -0.39 is 0 Å². The van der Waals surface area contributed by atoms with Crippen LogP contribution in [0.3, 0.4) is 0 Å². The maximum atomic E-state index is 14.0. The van der Waals surface area contributed by atoms with Crippen LogP contribution in [-0.4, -0.2) is 30.6 Å². The van der Waals surface area contributed by atoms with Crippen molar-refractivity contribution >= 4 is 17.6 Å².